The van der Waals surface area contributed by atoms with Crippen molar-refractivity contribution in [1.82, 2.24) is 0 Å². The minimum absolute atomic E-state index is 0.171. The molecule has 1 aromatic carbocycles. The first-order valence-electron chi connectivity index (χ1n) is 9.90. The molecule has 1 aliphatic heterocycles. The van der Waals surface area contributed by atoms with Gasteiger partial charge in [0.2, 0.25) is 0 Å². The minimum atomic E-state index is -0.769. The van der Waals surface area contributed by atoms with E-state index in [-0.39, 0.29) is 23.5 Å². The predicted octanol–water partition coefficient (Wildman–Crippen LogP) is 4.79. The third-order valence-electron chi connectivity index (χ3n) is 7.04. The molecular formula is C23H30O3. The van der Waals surface area contributed by atoms with Gasteiger partial charge < -0.3 is 14.6 Å². The maximum absolute atomic E-state index is 12.0. The summed E-state index contributed by atoms with van der Waals surface area (Å²) in [6.07, 6.45) is 7.33. The van der Waals surface area contributed by atoms with Gasteiger partial charge in [-0.3, -0.25) is 0 Å². The van der Waals surface area contributed by atoms with Crippen LogP contribution in [0.3, 0.4) is 0 Å². The second kappa shape index (κ2) is 6.95. The predicted molar refractivity (Wildman–Crippen MR) is 102 cm³/mol. The number of fused-ring (bicyclic) bond motifs is 3. The Balaban J connectivity index is 1.70. The first kappa shape index (κ1) is 18.0. The van der Waals surface area contributed by atoms with Crippen LogP contribution in [0.15, 0.2) is 55.1 Å². The van der Waals surface area contributed by atoms with Crippen molar-refractivity contribution in [2.24, 2.45) is 17.3 Å². The molecule has 5 atom stereocenters. The van der Waals surface area contributed by atoms with Crippen LogP contribution in [-0.4, -0.2) is 23.9 Å². The van der Waals surface area contributed by atoms with Crippen molar-refractivity contribution in [3.63, 3.8) is 0 Å². The van der Waals surface area contributed by atoms with Crippen molar-refractivity contribution >= 4 is 0 Å². The van der Waals surface area contributed by atoms with E-state index >= 15 is 0 Å². The molecule has 3 nitrogen and oxygen atoms in total. The Morgan fingerprint density at radius 2 is 2.00 bits per heavy atom. The van der Waals surface area contributed by atoms with Gasteiger partial charge in [0.1, 0.15) is 0 Å². The molecule has 2 saturated carbocycles. The fraction of sp³-hybridized carbons (Fsp3) is 0.565. The standard InChI is InChI=1S/C23H30O3/c1-3-12-22-16-26-21(18-9-5-4-6-10-18)25-15-19(22)14-17(2)20-11-7-8-13-23(20,22)24/h3-6,9-10,19-21,24H,1-2,7-8,11-16H2/t19-,20+,21?,22+,23+/m1/s1. The summed E-state index contributed by atoms with van der Waals surface area (Å²) < 4.78 is 12.5. The van der Waals surface area contributed by atoms with Crippen LogP contribution in [0, 0.1) is 17.3 Å². The molecule has 0 aromatic heterocycles. The van der Waals surface area contributed by atoms with Gasteiger partial charge in [-0.1, -0.05) is 61.4 Å². The van der Waals surface area contributed by atoms with Crippen molar-refractivity contribution in [2.45, 2.75) is 50.4 Å². The fourth-order valence-electron chi connectivity index (χ4n) is 5.70. The molecule has 0 amide bonds. The van der Waals surface area contributed by atoms with E-state index in [0.717, 1.165) is 37.7 Å². The summed E-state index contributed by atoms with van der Waals surface area (Å²) >= 11 is 0. The van der Waals surface area contributed by atoms with Crippen molar-refractivity contribution in [1.29, 1.82) is 0 Å². The van der Waals surface area contributed by atoms with E-state index in [2.05, 4.69) is 13.2 Å². The zero-order chi connectivity index (χ0) is 18.2. The van der Waals surface area contributed by atoms with Gasteiger partial charge in [-0.05, 0) is 31.6 Å². The Kier molecular flexibility index (Phi) is 4.81. The average Bonchev–Trinajstić information content (AvgIpc) is 2.84. The van der Waals surface area contributed by atoms with E-state index in [9.17, 15) is 5.11 Å². The summed E-state index contributed by atoms with van der Waals surface area (Å²) in [5.41, 5.74) is 1.11. The molecule has 3 heteroatoms. The molecule has 1 aromatic rings. The molecular weight excluding hydrogens is 324 g/mol. The third kappa shape index (κ3) is 2.69. The molecule has 1 N–H and O–H groups in total. The van der Waals surface area contributed by atoms with Crippen molar-refractivity contribution in [3.05, 3.63) is 60.7 Å². The van der Waals surface area contributed by atoms with E-state index in [1.807, 2.05) is 36.4 Å². The van der Waals surface area contributed by atoms with Crippen LogP contribution in [0.1, 0.15) is 50.4 Å². The summed E-state index contributed by atoms with van der Waals surface area (Å²) in [6, 6.07) is 10.1. The van der Waals surface area contributed by atoms with Crippen LogP contribution in [0.4, 0.5) is 0 Å². The normalized spacial score (nSPS) is 40.2. The number of hydrogen-bond donors (Lipinski definition) is 1. The van der Waals surface area contributed by atoms with E-state index in [0.29, 0.717) is 13.2 Å². The van der Waals surface area contributed by atoms with Gasteiger partial charge in [0.15, 0.2) is 6.29 Å². The second-order valence-electron chi connectivity index (χ2n) is 8.32. The highest BCUT2D eigenvalue weighted by atomic mass is 16.7. The van der Waals surface area contributed by atoms with E-state index in [1.54, 1.807) is 0 Å². The summed E-state index contributed by atoms with van der Waals surface area (Å²) in [4.78, 5) is 0. The first-order valence-corrected chi connectivity index (χ1v) is 9.90. The summed E-state index contributed by atoms with van der Waals surface area (Å²) in [7, 11) is 0. The first-order chi connectivity index (χ1) is 12.6. The molecule has 3 fully saturated rings. The number of benzene rings is 1. The van der Waals surface area contributed by atoms with E-state index < -0.39 is 5.60 Å². The second-order valence-corrected chi connectivity index (χ2v) is 8.32. The molecule has 1 unspecified atom stereocenters. The number of aliphatic hydroxyl groups is 1. The van der Waals surface area contributed by atoms with Gasteiger partial charge in [-0.15, -0.1) is 6.58 Å². The Morgan fingerprint density at radius 3 is 2.77 bits per heavy atom. The smallest absolute Gasteiger partial charge is 0.183 e. The van der Waals surface area contributed by atoms with Crippen LogP contribution in [0.2, 0.25) is 0 Å². The molecule has 0 radical (unpaired) electrons. The lowest BCUT2D eigenvalue weighted by atomic mass is 9.48. The zero-order valence-electron chi connectivity index (χ0n) is 15.5. The highest BCUT2D eigenvalue weighted by molar-refractivity contribution is 5.24. The molecule has 0 spiro atoms. The van der Waals surface area contributed by atoms with Gasteiger partial charge in [-0.2, -0.15) is 0 Å². The van der Waals surface area contributed by atoms with Crippen LogP contribution in [-0.2, 0) is 9.47 Å². The Morgan fingerprint density at radius 1 is 1.19 bits per heavy atom. The lowest BCUT2D eigenvalue weighted by Gasteiger charge is -2.59. The van der Waals surface area contributed by atoms with Gasteiger partial charge in [-0.25, -0.2) is 0 Å². The highest BCUT2D eigenvalue weighted by Crippen LogP contribution is 2.60. The molecule has 3 aliphatic rings. The van der Waals surface area contributed by atoms with E-state index in [4.69, 9.17) is 9.47 Å². The number of ether oxygens (including phenoxy) is 2. The van der Waals surface area contributed by atoms with Crippen LogP contribution in [0.5, 0.6) is 0 Å². The van der Waals surface area contributed by atoms with Gasteiger partial charge >= 0.3 is 0 Å². The van der Waals surface area contributed by atoms with Crippen molar-refractivity contribution in [2.75, 3.05) is 13.2 Å². The minimum Gasteiger partial charge on any atom is -0.389 e. The number of rotatable bonds is 3. The molecule has 1 heterocycles. The quantitative estimate of drug-likeness (QED) is 0.793. The molecule has 26 heavy (non-hydrogen) atoms. The summed E-state index contributed by atoms with van der Waals surface area (Å²) in [5.74, 6) is 0.380. The monoisotopic (exact) mass is 354 g/mol. The fourth-order valence-corrected chi connectivity index (χ4v) is 5.70. The van der Waals surface area contributed by atoms with Crippen LogP contribution in [0.25, 0.3) is 0 Å². The van der Waals surface area contributed by atoms with Crippen molar-refractivity contribution < 1.29 is 14.6 Å². The van der Waals surface area contributed by atoms with Gasteiger partial charge in [0, 0.05) is 16.9 Å². The maximum Gasteiger partial charge on any atom is 0.183 e. The average molecular weight is 354 g/mol. The SMILES string of the molecule is C=CC[C@]12COC(c3ccccc3)OC[C@H]1CC(=C)[C@@H]1CCCC[C@]12O. The third-order valence-corrected chi connectivity index (χ3v) is 7.04. The molecule has 140 valence electrons. The Hall–Kier alpha value is -1.42. The molecule has 1 saturated heterocycles. The molecule has 4 rings (SSSR count). The number of allylic oxidation sites excluding steroid dienone is 1. The molecule has 0 bridgehead atoms. The Labute approximate surface area is 156 Å². The zero-order valence-corrected chi connectivity index (χ0v) is 15.5. The van der Waals surface area contributed by atoms with Crippen LogP contribution < -0.4 is 0 Å². The van der Waals surface area contributed by atoms with Crippen LogP contribution >= 0.6 is 0 Å². The Bertz CT molecular complexity index is 669. The lowest BCUT2D eigenvalue weighted by Crippen LogP contribution is -2.63. The van der Waals surface area contributed by atoms with E-state index in [1.165, 1.54) is 12.0 Å². The topological polar surface area (TPSA) is 38.7 Å². The lowest BCUT2D eigenvalue weighted by molar-refractivity contribution is -0.200. The maximum atomic E-state index is 12.0. The molecule has 2 aliphatic carbocycles. The van der Waals surface area contributed by atoms with Gasteiger partial charge in [0.05, 0.1) is 18.8 Å². The van der Waals surface area contributed by atoms with Crippen molar-refractivity contribution in [3.8, 4) is 0 Å². The highest BCUT2D eigenvalue weighted by Gasteiger charge is 2.62. The number of hydrogen-bond acceptors (Lipinski definition) is 3. The summed E-state index contributed by atoms with van der Waals surface area (Å²) in [6.45, 7) is 9.45. The van der Waals surface area contributed by atoms with Gasteiger partial charge in [0.25, 0.3) is 0 Å². The summed E-state index contributed by atoms with van der Waals surface area (Å²) in [5, 5.41) is 12.0. The largest absolute Gasteiger partial charge is 0.389 e.